The fourth-order valence-electron chi connectivity index (χ4n) is 3.52. The molecule has 0 spiro atoms. The number of hydrogen-bond donors (Lipinski definition) is 1. The third kappa shape index (κ3) is 7.05. The second kappa shape index (κ2) is 13.2. The molecule has 1 amide bonds. The molecule has 32 heavy (non-hydrogen) atoms. The van der Waals surface area contributed by atoms with Crippen molar-refractivity contribution in [1.82, 2.24) is 14.6 Å². The second-order valence-electron chi connectivity index (χ2n) is 7.51. The number of benzene rings is 1. The van der Waals surface area contributed by atoms with Gasteiger partial charge in [-0.1, -0.05) is 31.2 Å². The number of aromatic nitrogens is 1. The number of nitrogens with one attached hydrogen (secondary N) is 1. The minimum atomic E-state index is 0.0248. The molecule has 1 heterocycles. The van der Waals surface area contributed by atoms with Crippen LogP contribution in [0.1, 0.15) is 53.0 Å². The van der Waals surface area contributed by atoms with E-state index >= 15 is 0 Å². The molecule has 1 aliphatic rings. The van der Waals surface area contributed by atoms with Crippen LogP contribution in [-0.4, -0.2) is 55.0 Å². The van der Waals surface area contributed by atoms with Crippen LogP contribution in [0, 0.1) is 18.3 Å². The first-order valence-electron chi connectivity index (χ1n) is 10.6. The van der Waals surface area contributed by atoms with Crippen LogP contribution in [0.2, 0.25) is 0 Å². The Hall–Kier alpha value is -2.41. The number of carbonyl (C=O) groups excluding carboxylic acids is 2. The predicted molar refractivity (Wildman–Crippen MR) is 133 cm³/mol. The second-order valence-corrected chi connectivity index (χ2v) is 9.50. The largest absolute Gasteiger partial charge is 0.341 e. The van der Waals surface area contributed by atoms with E-state index in [0.29, 0.717) is 16.4 Å². The molecule has 1 aliphatic carbocycles. The van der Waals surface area contributed by atoms with Crippen LogP contribution < -0.4 is 9.62 Å². The summed E-state index contributed by atoms with van der Waals surface area (Å²) in [6.07, 6.45) is 8.38. The molecule has 1 aromatic heterocycles. The summed E-state index contributed by atoms with van der Waals surface area (Å²) in [4.78, 5) is 33.2. The highest BCUT2D eigenvalue weighted by Crippen LogP contribution is 2.31. The Morgan fingerprint density at radius 1 is 1.31 bits per heavy atom. The average molecular weight is 474 g/mol. The Bertz CT molecular complexity index is 915. The van der Waals surface area contributed by atoms with Crippen molar-refractivity contribution in [1.29, 1.82) is 5.26 Å². The molecule has 172 valence electrons. The lowest BCUT2D eigenvalue weighted by atomic mass is 9.94. The van der Waals surface area contributed by atoms with Crippen LogP contribution in [0.15, 0.2) is 24.3 Å². The van der Waals surface area contributed by atoms with Crippen LogP contribution >= 0.6 is 23.3 Å². The molecule has 0 bridgehead atoms. The molecule has 2 aromatic rings. The lowest BCUT2D eigenvalue weighted by Gasteiger charge is -2.33. The molecule has 3 rings (SSSR count). The number of aldehydes is 1. The van der Waals surface area contributed by atoms with Crippen LogP contribution in [0.25, 0.3) is 0 Å². The molecule has 0 unspecified atom stereocenters. The van der Waals surface area contributed by atoms with Gasteiger partial charge in [-0.05, 0) is 57.3 Å². The molecule has 9 heteroatoms. The van der Waals surface area contributed by atoms with E-state index in [9.17, 15) is 9.59 Å². The third-order valence-electron chi connectivity index (χ3n) is 5.49. The molecule has 0 aliphatic heterocycles. The molecule has 1 N–H and O–H groups in total. The standard InChI is InChI=1S/C21H24N4O2S.C2H7NS/c1-15-19(14-26)23-21(28-15)25(18-10-8-16(12-22)9-11-18)13-20(27)24(2)17-6-4-3-5-7-17;1-3-4-2/h8-11,14,17H,3-7,13H2,1-2H3;3H,1-2H3. The topological polar surface area (TPSA) is 89.3 Å². The molecular weight excluding hydrogens is 442 g/mol. The highest BCUT2D eigenvalue weighted by atomic mass is 32.2. The summed E-state index contributed by atoms with van der Waals surface area (Å²) in [5.74, 6) is 0.0248. The van der Waals surface area contributed by atoms with Crippen molar-refractivity contribution in [3.8, 4) is 6.07 Å². The Kier molecular flexibility index (Phi) is 10.7. The van der Waals surface area contributed by atoms with Crippen LogP contribution in [0.3, 0.4) is 0 Å². The SMILES string of the molecule is CNSC.Cc1sc(N(CC(=O)N(C)C2CCCCC2)c2ccc(C#N)cc2)nc1C=O. The summed E-state index contributed by atoms with van der Waals surface area (Å²) >= 11 is 3.00. The quantitative estimate of drug-likeness (QED) is 0.466. The number of amides is 1. The van der Waals surface area contributed by atoms with Gasteiger partial charge in [-0.15, -0.1) is 11.3 Å². The molecule has 1 saturated carbocycles. The summed E-state index contributed by atoms with van der Waals surface area (Å²) < 4.78 is 2.85. The Balaban J connectivity index is 0.000000837. The summed E-state index contributed by atoms with van der Waals surface area (Å²) in [6, 6.07) is 9.45. The van der Waals surface area contributed by atoms with Gasteiger partial charge < -0.3 is 9.80 Å². The lowest BCUT2D eigenvalue weighted by molar-refractivity contribution is -0.130. The fraction of sp³-hybridized carbons (Fsp3) is 0.478. The number of hydrogen-bond acceptors (Lipinski definition) is 8. The zero-order valence-electron chi connectivity index (χ0n) is 19.1. The molecule has 0 atom stereocenters. The molecule has 0 saturated heterocycles. The van der Waals surface area contributed by atoms with Gasteiger partial charge in [0.15, 0.2) is 11.4 Å². The summed E-state index contributed by atoms with van der Waals surface area (Å²) in [6.45, 7) is 1.99. The maximum atomic E-state index is 13.0. The van der Waals surface area contributed by atoms with E-state index in [0.717, 1.165) is 42.5 Å². The molecule has 7 nitrogen and oxygen atoms in total. The van der Waals surface area contributed by atoms with E-state index in [1.165, 1.54) is 17.8 Å². The maximum absolute atomic E-state index is 13.0. The smallest absolute Gasteiger partial charge is 0.242 e. The minimum Gasteiger partial charge on any atom is -0.341 e. The Morgan fingerprint density at radius 2 is 1.94 bits per heavy atom. The Morgan fingerprint density at radius 3 is 2.44 bits per heavy atom. The van der Waals surface area contributed by atoms with Gasteiger partial charge in [-0.3, -0.25) is 14.3 Å². The number of aryl methyl sites for hydroxylation is 1. The Labute approximate surface area is 199 Å². The first-order valence-corrected chi connectivity index (χ1v) is 12.6. The normalized spacial score (nSPS) is 13.5. The summed E-state index contributed by atoms with van der Waals surface area (Å²) in [5, 5.41) is 9.65. The molecule has 0 radical (unpaired) electrons. The van der Waals surface area contributed by atoms with E-state index in [4.69, 9.17) is 5.26 Å². The van der Waals surface area contributed by atoms with E-state index in [2.05, 4.69) is 15.8 Å². The van der Waals surface area contributed by atoms with Gasteiger partial charge in [-0.25, -0.2) is 4.98 Å². The monoisotopic (exact) mass is 473 g/mol. The van der Waals surface area contributed by atoms with Gasteiger partial charge in [0, 0.05) is 23.7 Å². The van der Waals surface area contributed by atoms with Gasteiger partial charge in [0.25, 0.3) is 0 Å². The lowest BCUT2D eigenvalue weighted by Crippen LogP contribution is -2.43. The number of carbonyl (C=O) groups is 2. The number of nitrogens with zero attached hydrogens (tertiary/aromatic N) is 4. The summed E-state index contributed by atoms with van der Waals surface area (Å²) in [7, 11) is 3.77. The van der Waals surface area contributed by atoms with E-state index in [1.54, 1.807) is 24.1 Å². The van der Waals surface area contributed by atoms with E-state index in [-0.39, 0.29) is 18.5 Å². The van der Waals surface area contributed by atoms with Crippen molar-refractivity contribution in [2.75, 3.05) is 31.8 Å². The number of thiazole rings is 1. The first-order chi connectivity index (χ1) is 15.4. The van der Waals surface area contributed by atoms with Gasteiger partial charge in [0.1, 0.15) is 12.2 Å². The zero-order valence-corrected chi connectivity index (χ0v) is 20.8. The van der Waals surface area contributed by atoms with Crippen molar-refractivity contribution in [2.24, 2.45) is 0 Å². The molecular formula is C23H31N5O2S2. The summed E-state index contributed by atoms with van der Waals surface area (Å²) in [5.41, 5.74) is 1.72. The van der Waals surface area contributed by atoms with Crippen molar-refractivity contribution >= 4 is 46.3 Å². The maximum Gasteiger partial charge on any atom is 0.242 e. The average Bonchev–Trinajstić information content (AvgIpc) is 3.22. The highest BCUT2D eigenvalue weighted by Gasteiger charge is 2.25. The van der Waals surface area contributed by atoms with E-state index in [1.807, 2.05) is 49.2 Å². The van der Waals surface area contributed by atoms with Crippen molar-refractivity contribution in [2.45, 2.75) is 45.1 Å². The van der Waals surface area contributed by atoms with Gasteiger partial charge >= 0.3 is 0 Å². The van der Waals surface area contributed by atoms with Gasteiger partial charge in [0.05, 0.1) is 11.6 Å². The fourth-order valence-corrected chi connectivity index (χ4v) is 4.42. The van der Waals surface area contributed by atoms with Gasteiger partial charge in [-0.2, -0.15) is 5.26 Å². The number of rotatable bonds is 7. The number of nitriles is 1. The minimum absolute atomic E-state index is 0.0248. The van der Waals surface area contributed by atoms with Crippen molar-refractivity contribution in [3.05, 3.63) is 40.4 Å². The van der Waals surface area contributed by atoms with E-state index < -0.39 is 0 Å². The zero-order chi connectivity index (χ0) is 23.5. The molecule has 1 fully saturated rings. The predicted octanol–water partition coefficient (Wildman–Crippen LogP) is 4.55. The van der Waals surface area contributed by atoms with Crippen LogP contribution in [-0.2, 0) is 4.79 Å². The first kappa shape index (κ1) is 25.8. The van der Waals surface area contributed by atoms with Crippen LogP contribution in [0.4, 0.5) is 10.8 Å². The third-order valence-corrected chi connectivity index (χ3v) is 6.90. The number of likely N-dealkylation sites (N-methyl/N-ethyl adjacent to an activating group) is 1. The highest BCUT2D eigenvalue weighted by molar-refractivity contribution is 7.96. The van der Waals surface area contributed by atoms with Gasteiger partial charge in [0.2, 0.25) is 5.91 Å². The molecule has 1 aromatic carbocycles. The van der Waals surface area contributed by atoms with Crippen molar-refractivity contribution in [3.63, 3.8) is 0 Å². The van der Waals surface area contributed by atoms with Crippen LogP contribution in [0.5, 0.6) is 0 Å². The number of anilines is 2. The van der Waals surface area contributed by atoms with Crippen molar-refractivity contribution < 1.29 is 9.59 Å².